The van der Waals surface area contributed by atoms with E-state index in [1.807, 2.05) is 30.3 Å². The molecule has 0 fully saturated rings. The molecule has 1 aromatic heterocycles. The molecule has 3 heteroatoms. The summed E-state index contributed by atoms with van der Waals surface area (Å²) in [5.41, 5.74) is 5.34. The molecule has 0 unspecified atom stereocenters. The Morgan fingerprint density at radius 2 is 1.90 bits per heavy atom. The molecule has 98 valence electrons. The number of benzene rings is 2. The minimum Gasteiger partial charge on any atom is -0.226 e. The van der Waals surface area contributed by atoms with Crippen molar-refractivity contribution in [2.75, 3.05) is 0 Å². The van der Waals surface area contributed by atoms with Crippen molar-refractivity contribution in [3.8, 4) is 17.5 Å². The summed E-state index contributed by atoms with van der Waals surface area (Å²) in [6, 6.07) is 16.4. The number of nitrogens with zero attached hydrogens (tertiary/aromatic N) is 3. The Morgan fingerprint density at radius 1 is 1.15 bits per heavy atom. The number of para-hydroxylation sites is 2. The monoisotopic (exact) mass is 262 g/mol. The first-order chi connectivity index (χ1) is 9.63. The Balaban J connectivity index is 2.39. The number of aromatic nitrogens is 2. The molecule has 20 heavy (non-hydrogen) atoms. The van der Waals surface area contributed by atoms with Crippen molar-refractivity contribution < 1.29 is 4.57 Å². The van der Waals surface area contributed by atoms with Crippen molar-refractivity contribution in [2.45, 2.75) is 6.92 Å². The minimum atomic E-state index is 0.691. The maximum atomic E-state index is 9.11. The van der Waals surface area contributed by atoms with Crippen LogP contribution in [0.5, 0.6) is 0 Å². The van der Waals surface area contributed by atoms with Gasteiger partial charge in [-0.25, -0.2) is 9.13 Å². The van der Waals surface area contributed by atoms with Crippen LogP contribution >= 0.6 is 0 Å². The van der Waals surface area contributed by atoms with Crippen LogP contribution in [-0.4, -0.2) is 4.57 Å². The Bertz CT molecular complexity index is 812. The summed E-state index contributed by atoms with van der Waals surface area (Å²) in [6.45, 7) is 2.08. The van der Waals surface area contributed by atoms with E-state index in [2.05, 4.69) is 48.4 Å². The summed E-state index contributed by atoms with van der Waals surface area (Å²) in [5, 5.41) is 9.11. The molecule has 0 aliphatic carbocycles. The highest BCUT2D eigenvalue weighted by Gasteiger charge is 2.22. The van der Waals surface area contributed by atoms with Crippen LogP contribution in [0.15, 0.2) is 42.5 Å². The molecule has 0 N–H and O–H groups in total. The maximum absolute atomic E-state index is 9.11. The van der Waals surface area contributed by atoms with Gasteiger partial charge in [0.2, 0.25) is 0 Å². The van der Waals surface area contributed by atoms with E-state index in [1.54, 1.807) is 0 Å². The van der Waals surface area contributed by atoms with Gasteiger partial charge < -0.3 is 0 Å². The van der Waals surface area contributed by atoms with Crippen molar-refractivity contribution in [3.63, 3.8) is 0 Å². The third-order valence-corrected chi connectivity index (χ3v) is 3.85. The molecule has 3 aromatic rings. The largest absolute Gasteiger partial charge is 0.289 e. The SMILES string of the molecule is Cc1ccc(C#N)cc1-c1n(C)c2ccccc2[n+]1C. The van der Waals surface area contributed by atoms with Crippen LogP contribution in [0, 0.1) is 18.3 Å². The highest BCUT2D eigenvalue weighted by Crippen LogP contribution is 2.25. The second-order valence-corrected chi connectivity index (χ2v) is 5.07. The Labute approximate surface area is 118 Å². The van der Waals surface area contributed by atoms with Crippen LogP contribution in [0.4, 0.5) is 0 Å². The Hall–Kier alpha value is -2.60. The van der Waals surface area contributed by atoms with Crippen molar-refractivity contribution in [1.82, 2.24) is 4.57 Å². The molecule has 3 rings (SSSR count). The molecule has 0 amide bonds. The van der Waals surface area contributed by atoms with Gasteiger partial charge in [0.15, 0.2) is 11.0 Å². The molecule has 0 aliphatic rings. The average Bonchev–Trinajstić information content (AvgIpc) is 2.72. The first-order valence-corrected chi connectivity index (χ1v) is 6.58. The van der Waals surface area contributed by atoms with Gasteiger partial charge in [0.1, 0.15) is 0 Å². The molecule has 0 atom stereocenters. The zero-order chi connectivity index (χ0) is 14.3. The summed E-state index contributed by atoms with van der Waals surface area (Å²) in [7, 11) is 4.13. The topological polar surface area (TPSA) is 32.6 Å². The van der Waals surface area contributed by atoms with Gasteiger partial charge in [-0.1, -0.05) is 18.2 Å². The molecule has 1 heterocycles. The van der Waals surface area contributed by atoms with Crippen LogP contribution in [0.25, 0.3) is 22.4 Å². The molecule has 0 saturated heterocycles. The van der Waals surface area contributed by atoms with Gasteiger partial charge in [-0.3, -0.25) is 0 Å². The fraction of sp³-hybridized carbons (Fsp3) is 0.176. The fourth-order valence-corrected chi connectivity index (χ4v) is 2.78. The van der Waals surface area contributed by atoms with Gasteiger partial charge in [0.05, 0.1) is 31.3 Å². The molecular formula is C17H16N3+. The molecule has 0 bridgehead atoms. The van der Waals surface area contributed by atoms with E-state index in [9.17, 15) is 0 Å². The van der Waals surface area contributed by atoms with Crippen LogP contribution in [0.1, 0.15) is 11.1 Å². The highest BCUT2D eigenvalue weighted by atomic mass is 15.1. The van der Waals surface area contributed by atoms with Crippen molar-refractivity contribution >= 4 is 11.0 Å². The van der Waals surface area contributed by atoms with Crippen molar-refractivity contribution in [1.29, 1.82) is 5.26 Å². The number of nitriles is 1. The summed E-state index contributed by atoms with van der Waals surface area (Å²) >= 11 is 0. The van der Waals surface area contributed by atoms with Gasteiger partial charge in [-0.2, -0.15) is 5.26 Å². The van der Waals surface area contributed by atoms with E-state index in [-0.39, 0.29) is 0 Å². The number of aryl methyl sites for hydroxylation is 3. The standard InChI is InChI=1S/C17H16N3/c1-12-8-9-13(11-18)10-14(12)17-19(2)15-6-4-5-7-16(15)20(17)3/h4-10H,1-3H3/q+1. The van der Waals surface area contributed by atoms with Gasteiger partial charge >= 0.3 is 0 Å². The first-order valence-electron chi connectivity index (χ1n) is 6.58. The average molecular weight is 262 g/mol. The molecule has 3 nitrogen and oxygen atoms in total. The van der Waals surface area contributed by atoms with E-state index >= 15 is 0 Å². The maximum Gasteiger partial charge on any atom is 0.289 e. The van der Waals surface area contributed by atoms with Crippen molar-refractivity contribution in [2.24, 2.45) is 14.1 Å². The minimum absolute atomic E-state index is 0.691. The van der Waals surface area contributed by atoms with Crippen LogP contribution in [0.3, 0.4) is 0 Å². The second kappa shape index (κ2) is 4.50. The number of imidazole rings is 1. The molecular weight excluding hydrogens is 246 g/mol. The van der Waals surface area contributed by atoms with Crippen molar-refractivity contribution in [3.05, 3.63) is 53.6 Å². The Kier molecular flexibility index (Phi) is 2.80. The lowest BCUT2D eigenvalue weighted by Crippen LogP contribution is -2.30. The molecule has 0 spiro atoms. The summed E-state index contributed by atoms with van der Waals surface area (Å²) in [5.74, 6) is 1.11. The zero-order valence-electron chi connectivity index (χ0n) is 11.9. The lowest BCUT2D eigenvalue weighted by molar-refractivity contribution is -0.634. The first kappa shape index (κ1) is 12.4. The predicted octanol–water partition coefficient (Wildman–Crippen LogP) is 2.85. The summed E-state index contributed by atoms with van der Waals surface area (Å²) < 4.78 is 4.36. The summed E-state index contributed by atoms with van der Waals surface area (Å²) in [6.07, 6.45) is 0. The fourth-order valence-electron chi connectivity index (χ4n) is 2.78. The van der Waals surface area contributed by atoms with E-state index in [0.717, 1.165) is 11.4 Å². The van der Waals surface area contributed by atoms with E-state index < -0.39 is 0 Å². The second-order valence-electron chi connectivity index (χ2n) is 5.07. The lowest BCUT2D eigenvalue weighted by atomic mass is 10.0. The molecule has 0 aliphatic heterocycles. The van der Waals surface area contributed by atoms with Gasteiger partial charge in [-0.15, -0.1) is 0 Å². The van der Waals surface area contributed by atoms with Crippen LogP contribution in [0.2, 0.25) is 0 Å². The third-order valence-electron chi connectivity index (χ3n) is 3.85. The van der Waals surface area contributed by atoms with E-state index in [1.165, 1.54) is 16.6 Å². The molecule has 0 radical (unpaired) electrons. The molecule has 0 saturated carbocycles. The predicted molar refractivity (Wildman–Crippen MR) is 79.0 cm³/mol. The lowest BCUT2D eigenvalue weighted by Gasteiger charge is -2.04. The molecule has 2 aromatic carbocycles. The Morgan fingerprint density at radius 3 is 2.60 bits per heavy atom. The third kappa shape index (κ3) is 1.70. The number of hydrogen-bond acceptors (Lipinski definition) is 1. The van der Waals surface area contributed by atoms with E-state index in [4.69, 9.17) is 5.26 Å². The number of rotatable bonds is 1. The number of fused-ring (bicyclic) bond motifs is 1. The normalized spacial score (nSPS) is 10.7. The smallest absolute Gasteiger partial charge is 0.226 e. The van der Waals surface area contributed by atoms with Gasteiger partial charge in [-0.05, 0) is 36.8 Å². The summed E-state index contributed by atoms with van der Waals surface area (Å²) in [4.78, 5) is 0. The van der Waals surface area contributed by atoms with Crippen LogP contribution in [-0.2, 0) is 14.1 Å². The highest BCUT2D eigenvalue weighted by molar-refractivity contribution is 5.76. The van der Waals surface area contributed by atoms with Crippen LogP contribution < -0.4 is 4.57 Å². The van der Waals surface area contributed by atoms with Gasteiger partial charge in [0.25, 0.3) is 5.82 Å². The van der Waals surface area contributed by atoms with Gasteiger partial charge in [0, 0.05) is 0 Å². The number of hydrogen-bond donors (Lipinski definition) is 0. The zero-order valence-corrected chi connectivity index (χ0v) is 11.9. The van der Waals surface area contributed by atoms with E-state index in [0.29, 0.717) is 5.56 Å². The quantitative estimate of drug-likeness (QED) is 0.621.